The van der Waals surface area contributed by atoms with Gasteiger partial charge in [-0.15, -0.1) is 0 Å². The SMILES string of the molecule is CC(=O)N[C@H](C)C(=O)NCc1ccc(C(C)C)cc1Cl. The van der Waals surface area contributed by atoms with E-state index in [1.807, 2.05) is 18.2 Å². The molecular weight excluding hydrogens is 276 g/mol. The Hall–Kier alpha value is -1.55. The second-order valence-electron chi connectivity index (χ2n) is 5.15. The molecule has 1 aromatic carbocycles. The van der Waals surface area contributed by atoms with Crippen molar-refractivity contribution in [2.75, 3.05) is 0 Å². The van der Waals surface area contributed by atoms with Crippen LogP contribution in [0.25, 0.3) is 0 Å². The van der Waals surface area contributed by atoms with E-state index in [2.05, 4.69) is 24.5 Å². The lowest BCUT2D eigenvalue weighted by molar-refractivity contribution is -0.127. The number of benzene rings is 1. The summed E-state index contributed by atoms with van der Waals surface area (Å²) in [7, 11) is 0. The normalized spacial score (nSPS) is 12.1. The monoisotopic (exact) mass is 296 g/mol. The van der Waals surface area contributed by atoms with Crippen LogP contribution >= 0.6 is 11.6 Å². The molecular formula is C15H21ClN2O2. The van der Waals surface area contributed by atoms with E-state index in [-0.39, 0.29) is 11.8 Å². The van der Waals surface area contributed by atoms with Gasteiger partial charge in [0.2, 0.25) is 11.8 Å². The van der Waals surface area contributed by atoms with E-state index in [0.717, 1.165) is 11.1 Å². The molecule has 20 heavy (non-hydrogen) atoms. The number of hydrogen-bond donors (Lipinski definition) is 2. The summed E-state index contributed by atoms with van der Waals surface area (Å²) in [5.74, 6) is -0.0490. The van der Waals surface area contributed by atoms with E-state index in [0.29, 0.717) is 17.5 Å². The second kappa shape index (κ2) is 7.29. The predicted molar refractivity (Wildman–Crippen MR) is 80.7 cm³/mol. The minimum absolute atomic E-state index is 0.230. The fourth-order valence-corrected chi connectivity index (χ4v) is 2.03. The topological polar surface area (TPSA) is 58.2 Å². The molecule has 0 aliphatic rings. The molecule has 0 fully saturated rings. The van der Waals surface area contributed by atoms with Crippen molar-refractivity contribution in [1.29, 1.82) is 0 Å². The van der Waals surface area contributed by atoms with Crippen LogP contribution in [0.4, 0.5) is 0 Å². The fourth-order valence-electron chi connectivity index (χ4n) is 1.77. The van der Waals surface area contributed by atoms with Crippen LogP contribution in [0.5, 0.6) is 0 Å². The molecule has 0 aliphatic carbocycles. The lowest BCUT2D eigenvalue weighted by Gasteiger charge is -2.14. The molecule has 110 valence electrons. The van der Waals surface area contributed by atoms with Crippen molar-refractivity contribution in [3.63, 3.8) is 0 Å². The molecule has 0 saturated carbocycles. The Balaban J connectivity index is 2.62. The maximum absolute atomic E-state index is 11.8. The van der Waals surface area contributed by atoms with Crippen molar-refractivity contribution in [2.24, 2.45) is 0 Å². The molecule has 0 spiro atoms. The van der Waals surface area contributed by atoms with Gasteiger partial charge in [0.25, 0.3) is 0 Å². The van der Waals surface area contributed by atoms with E-state index in [4.69, 9.17) is 11.6 Å². The molecule has 0 aliphatic heterocycles. The van der Waals surface area contributed by atoms with E-state index in [1.54, 1.807) is 6.92 Å². The third-order valence-corrected chi connectivity index (χ3v) is 3.36. The molecule has 0 saturated heterocycles. The summed E-state index contributed by atoms with van der Waals surface area (Å²) in [6.07, 6.45) is 0. The molecule has 1 rings (SSSR count). The number of halogens is 1. The van der Waals surface area contributed by atoms with Crippen LogP contribution < -0.4 is 10.6 Å². The molecule has 1 atom stereocenters. The van der Waals surface area contributed by atoms with Gasteiger partial charge < -0.3 is 10.6 Å². The van der Waals surface area contributed by atoms with Crippen LogP contribution in [0.1, 0.15) is 44.7 Å². The Kier molecular flexibility index (Phi) is 6.02. The number of hydrogen-bond acceptors (Lipinski definition) is 2. The van der Waals surface area contributed by atoms with Crippen molar-refractivity contribution in [2.45, 2.75) is 46.2 Å². The molecule has 0 bridgehead atoms. The third-order valence-electron chi connectivity index (χ3n) is 3.01. The van der Waals surface area contributed by atoms with Gasteiger partial charge in [0, 0.05) is 18.5 Å². The molecule has 0 heterocycles. The van der Waals surface area contributed by atoms with Crippen LogP contribution in [0.3, 0.4) is 0 Å². The standard InChI is InChI=1S/C15H21ClN2O2/c1-9(2)12-5-6-13(14(16)7-12)8-17-15(20)10(3)18-11(4)19/h5-7,9-10H,8H2,1-4H3,(H,17,20)(H,18,19)/t10-/m1/s1. The maximum Gasteiger partial charge on any atom is 0.242 e. The van der Waals surface area contributed by atoms with Gasteiger partial charge in [-0.05, 0) is 30.0 Å². The highest BCUT2D eigenvalue weighted by Gasteiger charge is 2.13. The molecule has 0 unspecified atom stereocenters. The summed E-state index contributed by atoms with van der Waals surface area (Å²) in [5.41, 5.74) is 2.02. The summed E-state index contributed by atoms with van der Waals surface area (Å²) in [4.78, 5) is 22.6. The van der Waals surface area contributed by atoms with Crippen molar-refractivity contribution in [3.8, 4) is 0 Å². The molecule has 5 heteroatoms. The first-order chi connectivity index (χ1) is 9.31. The number of amides is 2. The minimum atomic E-state index is -0.554. The van der Waals surface area contributed by atoms with Crippen LogP contribution in [0, 0.1) is 0 Å². The smallest absolute Gasteiger partial charge is 0.242 e. The number of nitrogens with one attached hydrogen (secondary N) is 2. The van der Waals surface area contributed by atoms with Gasteiger partial charge in [0.1, 0.15) is 6.04 Å². The summed E-state index contributed by atoms with van der Waals surface area (Å²) >= 11 is 6.20. The summed E-state index contributed by atoms with van der Waals surface area (Å²) in [6, 6.07) is 5.29. The van der Waals surface area contributed by atoms with Gasteiger partial charge in [-0.2, -0.15) is 0 Å². The lowest BCUT2D eigenvalue weighted by atomic mass is 10.0. The average molecular weight is 297 g/mol. The van der Waals surface area contributed by atoms with E-state index in [9.17, 15) is 9.59 Å². The molecule has 2 N–H and O–H groups in total. The number of carbonyl (C=O) groups excluding carboxylic acids is 2. The second-order valence-corrected chi connectivity index (χ2v) is 5.55. The molecule has 4 nitrogen and oxygen atoms in total. The lowest BCUT2D eigenvalue weighted by Crippen LogP contribution is -2.43. The Morgan fingerprint density at radius 1 is 1.25 bits per heavy atom. The zero-order chi connectivity index (χ0) is 15.3. The molecule has 2 amide bonds. The molecule has 1 aromatic rings. The zero-order valence-electron chi connectivity index (χ0n) is 12.3. The van der Waals surface area contributed by atoms with Crippen molar-refractivity contribution in [1.82, 2.24) is 10.6 Å². The highest BCUT2D eigenvalue weighted by molar-refractivity contribution is 6.31. The van der Waals surface area contributed by atoms with Gasteiger partial charge >= 0.3 is 0 Å². The van der Waals surface area contributed by atoms with Crippen LogP contribution in [-0.2, 0) is 16.1 Å². The van der Waals surface area contributed by atoms with E-state index >= 15 is 0 Å². The Morgan fingerprint density at radius 3 is 2.40 bits per heavy atom. The first kappa shape index (κ1) is 16.5. The third kappa shape index (κ3) is 4.85. The summed E-state index contributed by atoms with van der Waals surface area (Å²) < 4.78 is 0. The van der Waals surface area contributed by atoms with Gasteiger partial charge in [0.05, 0.1) is 0 Å². The van der Waals surface area contributed by atoms with E-state index < -0.39 is 6.04 Å². The fraction of sp³-hybridized carbons (Fsp3) is 0.467. The first-order valence-electron chi connectivity index (χ1n) is 6.64. The largest absolute Gasteiger partial charge is 0.350 e. The quantitative estimate of drug-likeness (QED) is 0.877. The highest BCUT2D eigenvalue weighted by Crippen LogP contribution is 2.22. The van der Waals surface area contributed by atoms with Crippen molar-refractivity contribution >= 4 is 23.4 Å². The summed E-state index contributed by atoms with van der Waals surface area (Å²) in [6.45, 7) is 7.57. The highest BCUT2D eigenvalue weighted by atomic mass is 35.5. The van der Waals surface area contributed by atoms with Gasteiger partial charge in [-0.25, -0.2) is 0 Å². The minimum Gasteiger partial charge on any atom is -0.350 e. The maximum atomic E-state index is 11.8. The Bertz CT molecular complexity index is 501. The van der Waals surface area contributed by atoms with Crippen molar-refractivity contribution in [3.05, 3.63) is 34.3 Å². The predicted octanol–water partition coefficient (Wildman–Crippen LogP) is 2.60. The Labute approximate surface area is 124 Å². The van der Waals surface area contributed by atoms with Gasteiger partial charge in [-0.3, -0.25) is 9.59 Å². The zero-order valence-corrected chi connectivity index (χ0v) is 13.0. The number of rotatable bonds is 5. The van der Waals surface area contributed by atoms with Crippen LogP contribution in [0.15, 0.2) is 18.2 Å². The van der Waals surface area contributed by atoms with Gasteiger partial charge in [0.15, 0.2) is 0 Å². The van der Waals surface area contributed by atoms with Gasteiger partial charge in [-0.1, -0.05) is 37.6 Å². The average Bonchev–Trinajstić information content (AvgIpc) is 2.35. The van der Waals surface area contributed by atoms with Crippen LogP contribution in [-0.4, -0.2) is 17.9 Å². The molecule has 0 radical (unpaired) electrons. The van der Waals surface area contributed by atoms with E-state index in [1.165, 1.54) is 6.92 Å². The molecule has 0 aromatic heterocycles. The van der Waals surface area contributed by atoms with Crippen molar-refractivity contribution < 1.29 is 9.59 Å². The van der Waals surface area contributed by atoms with Crippen LogP contribution in [0.2, 0.25) is 5.02 Å². The Morgan fingerprint density at radius 2 is 1.90 bits per heavy atom. The number of carbonyl (C=O) groups is 2. The first-order valence-corrected chi connectivity index (χ1v) is 7.02. The summed E-state index contributed by atoms with van der Waals surface area (Å²) in [5, 5.41) is 5.93.